The van der Waals surface area contributed by atoms with Crippen LogP contribution in [0.5, 0.6) is 0 Å². The molecule has 1 aromatic carbocycles. The van der Waals surface area contributed by atoms with E-state index in [1.54, 1.807) is 26.0 Å². The van der Waals surface area contributed by atoms with Gasteiger partial charge in [-0.2, -0.15) is 0 Å². The molecule has 0 bridgehead atoms. The maximum Gasteiger partial charge on any atom is 0.256 e. The van der Waals surface area contributed by atoms with E-state index in [1.807, 2.05) is 13.0 Å². The standard InChI is InChI=1S/C12H18N2O2/c1-8-7-9(5-6-10(8)13)14-11(15)12(2,3)16-4/h5-7H,13H2,1-4H3,(H,14,15). The number of amides is 1. The van der Waals surface area contributed by atoms with Crippen LogP contribution in [0.4, 0.5) is 11.4 Å². The summed E-state index contributed by atoms with van der Waals surface area (Å²) in [6, 6.07) is 5.37. The summed E-state index contributed by atoms with van der Waals surface area (Å²) in [5.41, 5.74) is 7.23. The molecule has 3 N–H and O–H groups in total. The number of hydrogen-bond donors (Lipinski definition) is 2. The summed E-state index contributed by atoms with van der Waals surface area (Å²) in [6.07, 6.45) is 0. The fourth-order valence-electron chi connectivity index (χ4n) is 1.13. The van der Waals surface area contributed by atoms with Crippen molar-refractivity contribution in [3.05, 3.63) is 23.8 Å². The average Bonchev–Trinajstić information content (AvgIpc) is 2.23. The smallest absolute Gasteiger partial charge is 0.256 e. The lowest BCUT2D eigenvalue weighted by molar-refractivity contribution is -0.133. The number of nitrogens with two attached hydrogens (primary N) is 1. The molecular weight excluding hydrogens is 204 g/mol. The van der Waals surface area contributed by atoms with Crippen molar-refractivity contribution in [1.29, 1.82) is 0 Å². The largest absolute Gasteiger partial charge is 0.399 e. The van der Waals surface area contributed by atoms with Gasteiger partial charge in [-0.1, -0.05) is 0 Å². The van der Waals surface area contributed by atoms with Crippen LogP contribution in [0.15, 0.2) is 18.2 Å². The molecule has 0 unspecified atom stereocenters. The highest BCUT2D eigenvalue weighted by atomic mass is 16.5. The van der Waals surface area contributed by atoms with E-state index in [9.17, 15) is 4.79 Å². The first-order valence-electron chi connectivity index (χ1n) is 5.09. The number of benzene rings is 1. The molecule has 0 fully saturated rings. The van der Waals surface area contributed by atoms with Crippen LogP contribution in [0.1, 0.15) is 19.4 Å². The maximum atomic E-state index is 11.8. The minimum atomic E-state index is -0.838. The van der Waals surface area contributed by atoms with Gasteiger partial charge in [0.1, 0.15) is 5.60 Å². The number of carbonyl (C=O) groups is 1. The molecule has 4 heteroatoms. The first kappa shape index (κ1) is 12.5. The van der Waals surface area contributed by atoms with E-state index in [-0.39, 0.29) is 5.91 Å². The van der Waals surface area contributed by atoms with E-state index in [1.165, 1.54) is 7.11 Å². The fourth-order valence-corrected chi connectivity index (χ4v) is 1.13. The van der Waals surface area contributed by atoms with Crippen LogP contribution in [0, 0.1) is 6.92 Å². The number of hydrogen-bond acceptors (Lipinski definition) is 3. The summed E-state index contributed by atoms with van der Waals surface area (Å²) < 4.78 is 5.09. The molecule has 0 aliphatic heterocycles. The molecule has 1 aromatic rings. The molecule has 0 atom stereocenters. The highest BCUT2D eigenvalue weighted by molar-refractivity contribution is 5.96. The van der Waals surface area contributed by atoms with Crippen LogP contribution >= 0.6 is 0 Å². The Balaban J connectivity index is 2.82. The second kappa shape index (κ2) is 4.53. The number of ether oxygens (including phenoxy) is 1. The lowest BCUT2D eigenvalue weighted by Gasteiger charge is -2.21. The highest BCUT2D eigenvalue weighted by Gasteiger charge is 2.26. The van der Waals surface area contributed by atoms with Gasteiger partial charge >= 0.3 is 0 Å². The minimum Gasteiger partial charge on any atom is -0.399 e. The zero-order valence-corrected chi connectivity index (χ0v) is 10.1. The van der Waals surface area contributed by atoms with E-state index in [2.05, 4.69) is 5.32 Å². The van der Waals surface area contributed by atoms with Crippen LogP contribution in [-0.4, -0.2) is 18.6 Å². The second-order valence-electron chi connectivity index (χ2n) is 4.24. The summed E-state index contributed by atoms with van der Waals surface area (Å²) in [6.45, 7) is 5.32. The van der Waals surface area contributed by atoms with Gasteiger partial charge in [-0.05, 0) is 44.5 Å². The molecule has 0 aromatic heterocycles. The number of aryl methyl sites for hydroxylation is 1. The Morgan fingerprint density at radius 3 is 2.56 bits per heavy atom. The number of carbonyl (C=O) groups excluding carboxylic acids is 1. The summed E-state index contributed by atoms with van der Waals surface area (Å²) >= 11 is 0. The summed E-state index contributed by atoms with van der Waals surface area (Å²) in [5, 5.41) is 2.78. The van der Waals surface area contributed by atoms with Crippen molar-refractivity contribution in [3.63, 3.8) is 0 Å². The van der Waals surface area contributed by atoms with Crippen molar-refractivity contribution in [2.24, 2.45) is 0 Å². The predicted molar refractivity (Wildman–Crippen MR) is 65.3 cm³/mol. The van der Waals surface area contributed by atoms with Crippen molar-refractivity contribution in [2.45, 2.75) is 26.4 Å². The summed E-state index contributed by atoms with van der Waals surface area (Å²) in [7, 11) is 1.51. The van der Waals surface area contributed by atoms with Gasteiger partial charge < -0.3 is 15.8 Å². The minimum absolute atomic E-state index is 0.181. The maximum absolute atomic E-state index is 11.8. The molecule has 0 saturated heterocycles. The Bertz CT molecular complexity index is 400. The van der Waals surface area contributed by atoms with Crippen molar-refractivity contribution >= 4 is 17.3 Å². The SMILES string of the molecule is COC(C)(C)C(=O)Nc1ccc(N)c(C)c1. The molecule has 16 heavy (non-hydrogen) atoms. The Morgan fingerprint density at radius 1 is 1.44 bits per heavy atom. The number of anilines is 2. The van der Waals surface area contributed by atoms with Gasteiger partial charge in [-0.25, -0.2) is 0 Å². The van der Waals surface area contributed by atoms with E-state index >= 15 is 0 Å². The third-order valence-electron chi connectivity index (χ3n) is 2.58. The Labute approximate surface area is 95.8 Å². The van der Waals surface area contributed by atoms with E-state index in [4.69, 9.17) is 10.5 Å². The topological polar surface area (TPSA) is 64.3 Å². The molecule has 88 valence electrons. The van der Waals surface area contributed by atoms with Crippen LogP contribution < -0.4 is 11.1 Å². The lowest BCUT2D eigenvalue weighted by Crippen LogP contribution is -2.38. The number of rotatable bonds is 3. The zero-order chi connectivity index (χ0) is 12.3. The van der Waals surface area contributed by atoms with Crippen LogP contribution in [0.3, 0.4) is 0 Å². The van der Waals surface area contributed by atoms with Crippen molar-refractivity contribution in [2.75, 3.05) is 18.2 Å². The molecule has 0 aliphatic carbocycles. The predicted octanol–water partition coefficient (Wildman–Crippen LogP) is 1.94. The number of nitrogen functional groups attached to an aromatic ring is 1. The Morgan fingerprint density at radius 2 is 2.06 bits per heavy atom. The molecule has 1 amide bonds. The number of methoxy groups -OCH3 is 1. The van der Waals surface area contributed by atoms with Crippen LogP contribution in [0.25, 0.3) is 0 Å². The Kier molecular flexibility index (Phi) is 3.55. The van der Waals surface area contributed by atoms with Crippen molar-refractivity contribution < 1.29 is 9.53 Å². The second-order valence-corrected chi connectivity index (χ2v) is 4.24. The summed E-state index contributed by atoms with van der Waals surface area (Å²) in [4.78, 5) is 11.8. The van der Waals surface area contributed by atoms with E-state index in [0.717, 1.165) is 11.3 Å². The zero-order valence-electron chi connectivity index (χ0n) is 10.1. The fraction of sp³-hybridized carbons (Fsp3) is 0.417. The lowest BCUT2D eigenvalue weighted by atomic mass is 10.1. The third kappa shape index (κ3) is 2.73. The number of nitrogens with one attached hydrogen (secondary N) is 1. The quantitative estimate of drug-likeness (QED) is 0.768. The van der Waals surface area contributed by atoms with Crippen molar-refractivity contribution in [1.82, 2.24) is 0 Å². The van der Waals surface area contributed by atoms with Gasteiger partial charge in [-0.15, -0.1) is 0 Å². The molecule has 0 aliphatic rings. The highest BCUT2D eigenvalue weighted by Crippen LogP contribution is 2.18. The van der Waals surface area contributed by atoms with Gasteiger partial charge in [0.05, 0.1) is 0 Å². The van der Waals surface area contributed by atoms with E-state index < -0.39 is 5.60 Å². The first-order valence-corrected chi connectivity index (χ1v) is 5.09. The molecular formula is C12H18N2O2. The normalized spacial score (nSPS) is 11.2. The molecule has 4 nitrogen and oxygen atoms in total. The molecule has 0 heterocycles. The molecule has 0 spiro atoms. The van der Waals surface area contributed by atoms with E-state index in [0.29, 0.717) is 5.69 Å². The molecule has 0 radical (unpaired) electrons. The first-order chi connectivity index (χ1) is 7.36. The van der Waals surface area contributed by atoms with Gasteiger partial charge in [0.2, 0.25) is 0 Å². The third-order valence-corrected chi connectivity index (χ3v) is 2.58. The monoisotopic (exact) mass is 222 g/mol. The van der Waals surface area contributed by atoms with Gasteiger partial charge in [0.25, 0.3) is 5.91 Å². The molecule has 0 saturated carbocycles. The van der Waals surface area contributed by atoms with Crippen LogP contribution in [0.2, 0.25) is 0 Å². The average molecular weight is 222 g/mol. The van der Waals surface area contributed by atoms with Crippen molar-refractivity contribution in [3.8, 4) is 0 Å². The van der Waals surface area contributed by atoms with Gasteiger partial charge in [-0.3, -0.25) is 4.79 Å². The summed E-state index contributed by atoms with van der Waals surface area (Å²) in [5.74, 6) is -0.181. The van der Waals surface area contributed by atoms with Gasteiger partial charge in [0, 0.05) is 18.5 Å². The van der Waals surface area contributed by atoms with Crippen LogP contribution in [-0.2, 0) is 9.53 Å². The Hall–Kier alpha value is -1.55. The molecule has 1 rings (SSSR count). The van der Waals surface area contributed by atoms with Gasteiger partial charge in [0.15, 0.2) is 0 Å².